The maximum atomic E-state index is 15.1. The molecule has 1 N–H and O–H groups in total. The van der Waals surface area contributed by atoms with Crippen LogP contribution in [0.4, 0.5) is 17.6 Å². The summed E-state index contributed by atoms with van der Waals surface area (Å²) in [4.78, 5) is 0. The lowest BCUT2D eigenvalue weighted by Gasteiger charge is -2.22. The number of rotatable bonds is 6. The van der Waals surface area contributed by atoms with Crippen LogP contribution in [0, 0.1) is 11.2 Å². The number of alkyl halides is 3. The summed E-state index contributed by atoms with van der Waals surface area (Å²) in [6, 6.07) is 8.91. The number of hydrogen-bond donors (Lipinski definition) is 1. The topological polar surface area (TPSA) is 51.1 Å². The van der Waals surface area contributed by atoms with Crippen LogP contribution in [0.15, 0.2) is 48.7 Å². The summed E-state index contributed by atoms with van der Waals surface area (Å²) < 4.78 is 85.8. The molecule has 0 aliphatic heterocycles. The van der Waals surface area contributed by atoms with E-state index in [0.29, 0.717) is 30.5 Å². The second kappa shape index (κ2) is 8.13. The zero-order valence-electron chi connectivity index (χ0n) is 18.6. The SMILES string of the molecule is CC(C)(C)Cn1cc([C@H](NS(=O)(=O)C2CC2)C(F)(F)F)c2cc(F)c(-c3ccccc3)cc21. The Morgan fingerprint density at radius 2 is 1.73 bits per heavy atom. The maximum Gasteiger partial charge on any atom is 0.408 e. The lowest BCUT2D eigenvalue weighted by Crippen LogP contribution is -2.39. The van der Waals surface area contributed by atoms with Gasteiger partial charge >= 0.3 is 6.18 Å². The van der Waals surface area contributed by atoms with Crippen LogP contribution in [-0.2, 0) is 16.6 Å². The first-order valence-corrected chi connectivity index (χ1v) is 12.3. The van der Waals surface area contributed by atoms with Gasteiger partial charge in [0, 0.05) is 34.8 Å². The summed E-state index contributed by atoms with van der Waals surface area (Å²) in [5.74, 6) is -0.672. The number of sulfonamides is 1. The lowest BCUT2D eigenvalue weighted by molar-refractivity contribution is -0.152. The molecule has 0 unspecified atom stereocenters. The summed E-state index contributed by atoms with van der Waals surface area (Å²) in [6.07, 6.45) is -2.92. The molecular weight excluding hydrogens is 456 g/mol. The maximum absolute atomic E-state index is 15.1. The third-order valence-corrected chi connectivity index (χ3v) is 7.53. The number of benzene rings is 2. The molecule has 33 heavy (non-hydrogen) atoms. The van der Waals surface area contributed by atoms with E-state index in [2.05, 4.69) is 0 Å². The highest BCUT2D eigenvalue weighted by molar-refractivity contribution is 7.90. The molecule has 9 heteroatoms. The quantitative estimate of drug-likeness (QED) is 0.427. The second-order valence-electron chi connectivity index (χ2n) is 9.83. The normalized spacial score (nSPS) is 16.3. The Bertz CT molecular complexity index is 1270. The predicted molar refractivity (Wildman–Crippen MR) is 121 cm³/mol. The fourth-order valence-electron chi connectivity index (χ4n) is 3.99. The molecule has 0 amide bonds. The number of aromatic nitrogens is 1. The molecule has 0 bridgehead atoms. The largest absolute Gasteiger partial charge is 0.408 e. The van der Waals surface area contributed by atoms with E-state index in [1.807, 2.05) is 25.5 Å². The zero-order chi connectivity index (χ0) is 24.2. The van der Waals surface area contributed by atoms with Crippen molar-refractivity contribution in [2.45, 2.75) is 57.6 Å². The predicted octanol–water partition coefficient (Wildman–Crippen LogP) is 6.18. The summed E-state index contributed by atoms with van der Waals surface area (Å²) in [5, 5.41) is -0.774. The van der Waals surface area contributed by atoms with Gasteiger partial charge in [-0.2, -0.15) is 17.9 Å². The van der Waals surface area contributed by atoms with Gasteiger partial charge in [-0.05, 0) is 36.0 Å². The van der Waals surface area contributed by atoms with Crippen LogP contribution < -0.4 is 4.72 Å². The lowest BCUT2D eigenvalue weighted by atomic mass is 9.96. The highest BCUT2D eigenvalue weighted by Crippen LogP contribution is 2.41. The molecule has 1 heterocycles. The minimum absolute atomic E-state index is 0.0391. The molecule has 3 aromatic rings. The average molecular weight is 483 g/mol. The summed E-state index contributed by atoms with van der Waals surface area (Å²) >= 11 is 0. The van der Waals surface area contributed by atoms with Crippen LogP contribution in [0.5, 0.6) is 0 Å². The molecular formula is C24H26F4N2O2S. The molecule has 1 atom stereocenters. The van der Waals surface area contributed by atoms with Crippen molar-refractivity contribution in [2.75, 3.05) is 0 Å². The van der Waals surface area contributed by atoms with Crippen LogP contribution in [0.2, 0.25) is 0 Å². The van der Waals surface area contributed by atoms with E-state index >= 15 is 4.39 Å². The van der Waals surface area contributed by atoms with Gasteiger partial charge in [0.2, 0.25) is 10.0 Å². The van der Waals surface area contributed by atoms with E-state index in [0.717, 1.165) is 6.07 Å². The zero-order valence-corrected chi connectivity index (χ0v) is 19.4. The smallest absolute Gasteiger partial charge is 0.347 e. The van der Waals surface area contributed by atoms with Gasteiger partial charge in [-0.1, -0.05) is 51.1 Å². The van der Waals surface area contributed by atoms with Crippen molar-refractivity contribution < 1.29 is 26.0 Å². The number of fused-ring (bicyclic) bond motifs is 1. The van der Waals surface area contributed by atoms with Crippen molar-refractivity contribution >= 4 is 20.9 Å². The summed E-state index contributed by atoms with van der Waals surface area (Å²) in [7, 11) is -4.15. The number of nitrogens with zero attached hydrogens (tertiary/aromatic N) is 1. The molecule has 178 valence electrons. The molecule has 1 aromatic heterocycles. The van der Waals surface area contributed by atoms with Crippen LogP contribution >= 0.6 is 0 Å². The number of halogens is 4. The molecule has 0 spiro atoms. The van der Waals surface area contributed by atoms with Crippen LogP contribution in [0.3, 0.4) is 0 Å². The van der Waals surface area contributed by atoms with Crippen LogP contribution in [0.1, 0.15) is 45.2 Å². The monoisotopic (exact) mass is 482 g/mol. The van der Waals surface area contributed by atoms with Gasteiger partial charge in [0.1, 0.15) is 11.9 Å². The van der Waals surface area contributed by atoms with Crippen molar-refractivity contribution in [3.63, 3.8) is 0 Å². The molecule has 0 radical (unpaired) electrons. The van der Waals surface area contributed by atoms with Gasteiger partial charge in [-0.25, -0.2) is 12.8 Å². The number of hydrogen-bond acceptors (Lipinski definition) is 2. The molecule has 4 nitrogen and oxygen atoms in total. The van der Waals surface area contributed by atoms with Crippen molar-refractivity contribution in [2.24, 2.45) is 5.41 Å². The van der Waals surface area contributed by atoms with Crippen LogP contribution in [-0.4, -0.2) is 24.4 Å². The van der Waals surface area contributed by atoms with E-state index in [4.69, 9.17) is 0 Å². The Morgan fingerprint density at radius 1 is 1.09 bits per heavy atom. The molecule has 4 rings (SSSR count). The van der Waals surface area contributed by atoms with Gasteiger partial charge in [0.05, 0.1) is 5.25 Å². The number of nitrogens with one attached hydrogen (secondary N) is 1. The minimum atomic E-state index is -4.89. The third kappa shape index (κ3) is 5.09. The van der Waals surface area contributed by atoms with Gasteiger partial charge < -0.3 is 4.57 Å². The van der Waals surface area contributed by atoms with Crippen LogP contribution in [0.25, 0.3) is 22.0 Å². The van der Waals surface area contributed by atoms with E-state index in [-0.39, 0.29) is 21.9 Å². The van der Waals surface area contributed by atoms with E-state index in [1.54, 1.807) is 34.9 Å². The van der Waals surface area contributed by atoms with E-state index in [1.165, 1.54) is 12.3 Å². The molecule has 0 saturated heterocycles. The molecule has 1 fully saturated rings. The van der Waals surface area contributed by atoms with Crippen molar-refractivity contribution in [3.05, 3.63) is 60.0 Å². The minimum Gasteiger partial charge on any atom is -0.347 e. The highest BCUT2D eigenvalue weighted by Gasteiger charge is 2.47. The average Bonchev–Trinajstić information content (AvgIpc) is 3.50. The first kappa shape index (κ1) is 23.8. The van der Waals surface area contributed by atoms with Crippen molar-refractivity contribution in [1.82, 2.24) is 9.29 Å². The highest BCUT2D eigenvalue weighted by atomic mass is 32.2. The Kier molecular flexibility index (Phi) is 5.85. The Balaban J connectivity index is 1.92. The first-order valence-electron chi connectivity index (χ1n) is 10.7. The van der Waals surface area contributed by atoms with E-state index in [9.17, 15) is 21.6 Å². The molecule has 1 saturated carbocycles. The summed E-state index contributed by atoms with van der Waals surface area (Å²) in [5.41, 5.74) is 0.699. The third-order valence-electron chi connectivity index (χ3n) is 5.61. The van der Waals surface area contributed by atoms with Crippen molar-refractivity contribution in [3.8, 4) is 11.1 Å². The molecule has 1 aliphatic rings. The van der Waals surface area contributed by atoms with Gasteiger partial charge in [0.15, 0.2) is 0 Å². The fraction of sp³-hybridized carbons (Fsp3) is 0.417. The second-order valence-corrected chi connectivity index (χ2v) is 11.8. The van der Waals surface area contributed by atoms with Crippen molar-refractivity contribution in [1.29, 1.82) is 0 Å². The first-order chi connectivity index (χ1) is 15.3. The van der Waals surface area contributed by atoms with E-state index < -0.39 is 33.3 Å². The fourth-order valence-corrected chi connectivity index (χ4v) is 5.53. The standard InChI is InChI=1S/C24H26F4N2O2S/c1-23(2,3)14-30-13-19(22(24(26,27)28)29-33(31,32)16-9-10-16)18-11-20(25)17(12-21(18)30)15-7-5-4-6-8-15/h4-8,11-13,16,22,29H,9-10,14H2,1-3H3/t22-/m0/s1. The molecule has 1 aliphatic carbocycles. The van der Waals surface area contributed by atoms with Gasteiger partial charge in [-0.3, -0.25) is 0 Å². The van der Waals surface area contributed by atoms with Gasteiger partial charge in [0.25, 0.3) is 0 Å². The molecule has 2 aromatic carbocycles. The summed E-state index contributed by atoms with van der Waals surface area (Å²) in [6.45, 7) is 6.19. The van der Waals surface area contributed by atoms with Gasteiger partial charge in [-0.15, -0.1) is 0 Å². The Labute approximate surface area is 190 Å². The Morgan fingerprint density at radius 3 is 2.27 bits per heavy atom. The Hall–Kier alpha value is -2.39.